The number of halogens is 1. The van der Waals surface area contributed by atoms with E-state index in [-0.39, 0.29) is 5.82 Å². The van der Waals surface area contributed by atoms with E-state index in [9.17, 15) is 4.39 Å². The zero-order valence-electron chi connectivity index (χ0n) is 9.83. The van der Waals surface area contributed by atoms with Crippen molar-refractivity contribution >= 4 is 5.57 Å². The Bertz CT molecular complexity index is 421. The van der Waals surface area contributed by atoms with Crippen molar-refractivity contribution in [2.24, 2.45) is 5.92 Å². The first-order valence-corrected chi connectivity index (χ1v) is 5.82. The summed E-state index contributed by atoms with van der Waals surface area (Å²) in [5.41, 5.74) is 3.95. The Balaban J connectivity index is 2.21. The molecular formula is C15H17F. The molecule has 0 spiro atoms. The molecule has 1 aliphatic rings. The molecule has 0 aliphatic heterocycles. The van der Waals surface area contributed by atoms with Gasteiger partial charge >= 0.3 is 0 Å². The number of rotatable bonds is 2. The molecule has 0 heterocycles. The van der Waals surface area contributed by atoms with Crippen LogP contribution in [0.15, 0.2) is 42.0 Å². The van der Waals surface area contributed by atoms with E-state index in [1.54, 1.807) is 0 Å². The molecule has 0 aromatic heterocycles. The summed E-state index contributed by atoms with van der Waals surface area (Å²) in [5.74, 6) is 0.463. The van der Waals surface area contributed by atoms with Crippen molar-refractivity contribution in [1.82, 2.24) is 0 Å². The van der Waals surface area contributed by atoms with Crippen LogP contribution in [0.1, 0.15) is 32.3 Å². The maximum atomic E-state index is 12.8. The molecule has 0 N–H and O–H groups in total. The topological polar surface area (TPSA) is 0 Å². The van der Waals surface area contributed by atoms with Crippen molar-refractivity contribution < 1.29 is 4.39 Å². The van der Waals surface area contributed by atoms with E-state index in [0.717, 1.165) is 18.4 Å². The van der Waals surface area contributed by atoms with Gasteiger partial charge in [0.15, 0.2) is 0 Å². The van der Waals surface area contributed by atoms with Crippen LogP contribution in [0, 0.1) is 11.7 Å². The first kappa shape index (κ1) is 11.1. The summed E-state index contributed by atoms with van der Waals surface area (Å²) >= 11 is 0. The minimum absolute atomic E-state index is 0.168. The molecule has 16 heavy (non-hydrogen) atoms. The Morgan fingerprint density at radius 3 is 2.19 bits per heavy atom. The predicted octanol–water partition coefficient (Wildman–Crippen LogP) is 4.59. The molecule has 0 fully saturated rings. The SMILES string of the molecule is CC(C)C1=CC=C(c2ccc(F)cc2)CC1. The van der Waals surface area contributed by atoms with Crippen LogP contribution in [-0.4, -0.2) is 0 Å². The summed E-state index contributed by atoms with van der Waals surface area (Å²) in [5, 5.41) is 0. The monoisotopic (exact) mass is 216 g/mol. The van der Waals surface area contributed by atoms with Crippen LogP contribution in [0.3, 0.4) is 0 Å². The van der Waals surface area contributed by atoms with Crippen molar-refractivity contribution in [3.8, 4) is 0 Å². The third kappa shape index (κ3) is 2.41. The Morgan fingerprint density at radius 1 is 1.00 bits per heavy atom. The summed E-state index contributed by atoms with van der Waals surface area (Å²) in [7, 11) is 0. The lowest BCUT2D eigenvalue weighted by Gasteiger charge is -2.17. The number of hydrogen-bond acceptors (Lipinski definition) is 0. The van der Waals surface area contributed by atoms with Gasteiger partial charge in [-0.1, -0.05) is 43.7 Å². The van der Waals surface area contributed by atoms with E-state index >= 15 is 0 Å². The lowest BCUT2D eigenvalue weighted by atomic mass is 9.88. The highest BCUT2D eigenvalue weighted by Crippen LogP contribution is 2.29. The third-order valence-corrected chi connectivity index (χ3v) is 3.14. The first-order valence-electron chi connectivity index (χ1n) is 5.82. The highest BCUT2D eigenvalue weighted by molar-refractivity contribution is 5.68. The summed E-state index contributed by atoms with van der Waals surface area (Å²) in [6.45, 7) is 4.45. The van der Waals surface area contributed by atoms with Crippen LogP contribution >= 0.6 is 0 Å². The van der Waals surface area contributed by atoms with Crippen molar-refractivity contribution in [3.05, 3.63) is 53.4 Å². The van der Waals surface area contributed by atoms with Gasteiger partial charge in [0.05, 0.1) is 0 Å². The van der Waals surface area contributed by atoms with Crippen LogP contribution in [0.2, 0.25) is 0 Å². The Labute approximate surface area is 96.5 Å². The van der Waals surface area contributed by atoms with Gasteiger partial charge in [-0.05, 0) is 42.0 Å². The smallest absolute Gasteiger partial charge is 0.123 e. The number of allylic oxidation sites excluding steroid dienone is 4. The van der Waals surface area contributed by atoms with Crippen LogP contribution < -0.4 is 0 Å². The van der Waals surface area contributed by atoms with Gasteiger partial charge in [-0.3, -0.25) is 0 Å². The van der Waals surface area contributed by atoms with Crippen LogP contribution in [0.5, 0.6) is 0 Å². The fraction of sp³-hybridized carbons (Fsp3) is 0.333. The highest BCUT2D eigenvalue weighted by atomic mass is 19.1. The van der Waals surface area contributed by atoms with E-state index in [4.69, 9.17) is 0 Å². The molecule has 1 aliphatic carbocycles. The summed E-state index contributed by atoms with van der Waals surface area (Å²) in [6, 6.07) is 6.76. The molecule has 0 atom stereocenters. The molecule has 2 rings (SSSR count). The average Bonchev–Trinajstić information content (AvgIpc) is 2.30. The fourth-order valence-electron chi connectivity index (χ4n) is 2.04. The molecule has 84 valence electrons. The van der Waals surface area contributed by atoms with E-state index in [2.05, 4.69) is 26.0 Å². The second kappa shape index (κ2) is 4.65. The van der Waals surface area contributed by atoms with E-state index in [0.29, 0.717) is 5.92 Å². The fourth-order valence-corrected chi connectivity index (χ4v) is 2.04. The summed E-state index contributed by atoms with van der Waals surface area (Å²) in [4.78, 5) is 0. The molecule has 1 aromatic rings. The Morgan fingerprint density at radius 2 is 1.69 bits per heavy atom. The molecule has 0 saturated heterocycles. The van der Waals surface area contributed by atoms with Gasteiger partial charge in [0, 0.05) is 0 Å². The molecule has 0 nitrogen and oxygen atoms in total. The quantitative estimate of drug-likeness (QED) is 0.678. The van der Waals surface area contributed by atoms with E-state index in [1.165, 1.54) is 23.3 Å². The van der Waals surface area contributed by atoms with Crippen LogP contribution in [0.25, 0.3) is 5.57 Å². The van der Waals surface area contributed by atoms with Crippen molar-refractivity contribution in [3.63, 3.8) is 0 Å². The van der Waals surface area contributed by atoms with Crippen molar-refractivity contribution in [2.45, 2.75) is 26.7 Å². The lowest BCUT2D eigenvalue weighted by molar-refractivity contribution is 0.627. The first-order chi connectivity index (χ1) is 7.66. The molecule has 0 amide bonds. The third-order valence-electron chi connectivity index (χ3n) is 3.14. The summed E-state index contributed by atoms with van der Waals surface area (Å²) in [6.07, 6.45) is 6.58. The molecule has 0 radical (unpaired) electrons. The van der Waals surface area contributed by atoms with Gasteiger partial charge in [-0.2, -0.15) is 0 Å². The molecule has 0 saturated carbocycles. The maximum absolute atomic E-state index is 12.8. The summed E-state index contributed by atoms with van der Waals surface area (Å²) < 4.78 is 12.8. The highest BCUT2D eigenvalue weighted by Gasteiger charge is 2.10. The Kier molecular flexibility index (Phi) is 3.23. The predicted molar refractivity (Wildman–Crippen MR) is 66.5 cm³/mol. The Hall–Kier alpha value is -1.37. The zero-order valence-corrected chi connectivity index (χ0v) is 9.83. The minimum Gasteiger partial charge on any atom is -0.207 e. The molecule has 0 unspecified atom stereocenters. The largest absolute Gasteiger partial charge is 0.207 e. The van der Waals surface area contributed by atoms with Crippen molar-refractivity contribution in [1.29, 1.82) is 0 Å². The van der Waals surface area contributed by atoms with E-state index in [1.807, 2.05) is 12.1 Å². The average molecular weight is 216 g/mol. The molecule has 1 aromatic carbocycles. The standard InChI is InChI=1S/C15H17F/c1-11(2)12-3-5-13(6-4-12)14-7-9-15(16)10-8-14/h3,5,7-11H,4,6H2,1-2H3. The van der Waals surface area contributed by atoms with Gasteiger partial charge < -0.3 is 0 Å². The number of benzene rings is 1. The van der Waals surface area contributed by atoms with Crippen LogP contribution in [-0.2, 0) is 0 Å². The van der Waals surface area contributed by atoms with Crippen molar-refractivity contribution in [2.75, 3.05) is 0 Å². The second-order valence-corrected chi connectivity index (χ2v) is 4.60. The zero-order chi connectivity index (χ0) is 11.5. The maximum Gasteiger partial charge on any atom is 0.123 e. The minimum atomic E-state index is -0.168. The molecular weight excluding hydrogens is 199 g/mol. The lowest BCUT2D eigenvalue weighted by Crippen LogP contribution is -1.99. The number of hydrogen-bond donors (Lipinski definition) is 0. The van der Waals surface area contributed by atoms with Gasteiger partial charge in [-0.25, -0.2) is 4.39 Å². The van der Waals surface area contributed by atoms with Gasteiger partial charge in [0.1, 0.15) is 5.82 Å². The van der Waals surface area contributed by atoms with Gasteiger partial charge in [0.2, 0.25) is 0 Å². The van der Waals surface area contributed by atoms with Gasteiger partial charge in [0.25, 0.3) is 0 Å². The molecule has 1 heteroatoms. The second-order valence-electron chi connectivity index (χ2n) is 4.60. The van der Waals surface area contributed by atoms with Crippen LogP contribution in [0.4, 0.5) is 4.39 Å². The van der Waals surface area contributed by atoms with Gasteiger partial charge in [-0.15, -0.1) is 0 Å². The molecule has 0 bridgehead atoms. The van der Waals surface area contributed by atoms with E-state index < -0.39 is 0 Å². The normalized spacial score (nSPS) is 16.0.